The molecular formula is C20H18Cl2N2O4S2. The van der Waals surface area contributed by atoms with E-state index in [0.29, 0.717) is 26.6 Å². The van der Waals surface area contributed by atoms with E-state index in [4.69, 9.17) is 27.9 Å². The maximum absolute atomic E-state index is 12.8. The Morgan fingerprint density at radius 2 is 2.00 bits per heavy atom. The van der Waals surface area contributed by atoms with Crippen LogP contribution in [0.1, 0.15) is 5.56 Å². The Morgan fingerprint density at radius 3 is 2.77 bits per heavy atom. The first-order chi connectivity index (χ1) is 14.3. The molecule has 0 radical (unpaired) electrons. The van der Waals surface area contributed by atoms with Crippen LogP contribution in [0.5, 0.6) is 5.75 Å². The molecule has 2 aliphatic rings. The van der Waals surface area contributed by atoms with Crippen LogP contribution < -0.4 is 9.64 Å². The lowest BCUT2D eigenvalue weighted by molar-refractivity contribution is -0.117. The van der Waals surface area contributed by atoms with Crippen molar-refractivity contribution in [3.8, 4) is 5.75 Å². The minimum atomic E-state index is -3.17. The first-order valence-electron chi connectivity index (χ1n) is 9.12. The standard InChI is InChI=1S/C20H18Cl2N2O4S2/c1-28-17-5-3-2-4-12(17)8-19(25)23-20-24(15-9-13(21)6-7-14(15)22)16-10-30(26,27)11-18(16)29-20/h2-7,9,16,18H,8,10-11H2,1H3. The predicted molar refractivity (Wildman–Crippen MR) is 122 cm³/mol. The lowest BCUT2D eigenvalue weighted by Crippen LogP contribution is -2.38. The molecular weight excluding hydrogens is 467 g/mol. The number of sulfone groups is 1. The van der Waals surface area contributed by atoms with Gasteiger partial charge in [-0.25, -0.2) is 8.42 Å². The molecule has 2 aliphatic heterocycles. The second kappa shape index (κ2) is 8.42. The number of benzene rings is 2. The van der Waals surface area contributed by atoms with E-state index in [1.165, 1.54) is 11.8 Å². The third kappa shape index (κ3) is 4.32. The third-order valence-electron chi connectivity index (χ3n) is 4.99. The summed E-state index contributed by atoms with van der Waals surface area (Å²) in [5, 5.41) is 1.09. The number of anilines is 1. The van der Waals surface area contributed by atoms with E-state index >= 15 is 0 Å². The molecule has 2 fully saturated rings. The maximum Gasteiger partial charge on any atom is 0.252 e. The van der Waals surface area contributed by atoms with E-state index in [-0.39, 0.29) is 35.1 Å². The number of methoxy groups -OCH3 is 1. The van der Waals surface area contributed by atoms with Crippen LogP contribution in [-0.2, 0) is 21.1 Å². The topological polar surface area (TPSA) is 76.0 Å². The fourth-order valence-electron chi connectivity index (χ4n) is 3.67. The zero-order chi connectivity index (χ0) is 21.5. The number of hydrogen-bond donors (Lipinski definition) is 0. The molecule has 2 atom stereocenters. The highest BCUT2D eigenvalue weighted by molar-refractivity contribution is 8.16. The molecule has 4 rings (SSSR count). The predicted octanol–water partition coefficient (Wildman–Crippen LogP) is 3.85. The van der Waals surface area contributed by atoms with Gasteiger partial charge in [0.2, 0.25) is 0 Å². The summed E-state index contributed by atoms with van der Waals surface area (Å²) in [5.41, 5.74) is 1.28. The minimum absolute atomic E-state index is 0.0206. The van der Waals surface area contributed by atoms with Crippen molar-refractivity contribution in [1.82, 2.24) is 0 Å². The van der Waals surface area contributed by atoms with E-state index in [1.54, 1.807) is 36.3 Å². The van der Waals surface area contributed by atoms with Crippen molar-refractivity contribution in [3.05, 3.63) is 58.1 Å². The second-order valence-corrected chi connectivity index (χ2v) is 11.2. The molecule has 0 bridgehead atoms. The molecule has 0 saturated carbocycles. The largest absolute Gasteiger partial charge is 0.496 e. The first-order valence-corrected chi connectivity index (χ1v) is 12.6. The molecule has 0 N–H and O–H groups in total. The summed E-state index contributed by atoms with van der Waals surface area (Å²) in [6.45, 7) is 0. The smallest absolute Gasteiger partial charge is 0.252 e. The van der Waals surface area contributed by atoms with Gasteiger partial charge in [-0.15, -0.1) is 0 Å². The number of rotatable bonds is 4. The van der Waals surface area contributed by atoms with E-state index in [0.717, 1.165) is 5.56 Å². The highest BCUT2D eigenvalue weighted by Crippen LogP contribution is 2.43. The van der Waals surface area contributed by atoms with Gasteiger partial charge in [-0.05, 0) is 24.3 Å². The van der Waals surface area contributed by atoms with Crippen molar-refractivity contribution >= 4 is 61.6 Å². The molecule has 0 aliphatic carbocycles. The first kappa shape index (κ1) is 21.5. The normalized spacial score (nSPS) is 23.6. The lowest BCUT2D eigenvalue weighted by atomic mass is 10.1. The monoisotopic (exact) mass is 484 g/mol. The number of thioether (sulfide) groups is 1. The average molecular weight is 485 g/mol. The summed E-state index contributed by atoms with van der Waals surface area (Å²) in [7, 11) is -1.63. The molecule has 30 heavy (non-hydrogen) atoms. The van der Waals surface area contributed by atoms with Crippen LogP contribution >= 0.6 is 35.0 Å². The van der Waals surface area contributed by atoms with Gasteiger partial charge >= 0.3 is 0 Å². The lowest BCUT2D eigenvalue weighted by Gasteiger charge is -2.25. The van der Waals surface area contributed by atoms with Crippen LogP contribution in [0.3, 0.4) is 0 Å². The third-order valence-corrected chi connectivity index (χ3v) is 8.75. The number of para-hydroxylation sites is 1. The van der Waals surface area contributed by atoms with Crippen molar-refractivity contribution in [3.63, 3.8) is 0 Å². The zero-order valence-electron chi connectivity index (χ0n) is 15.9. The van der Waals surface area contributed by atoms with Crippen LogP contribution in [-0.4, -0.2) is 49.4 Å². The molecule has 0 spiro atoms. The van der Waals surface area contributed by atoms with Crippen LogP contribution in [0, 0.1) is 0 Å². The van der Waals surface area contributed by atoms with E-state index in [9.17, 15) is 13.2 Å². The van der Waals surface area contributed by atoms with Gasteiger partial charge in [0.15, 0.2) is 15.0 Å². The van der Waals surface area contributed by atoms with Crippen LogP contribution in [0.4, 0.5) is 5.69 Å². The Hall–Kier alpha value is -1.74. The number of amides is 1. The highest BCUT2D eigenvalue weighted by Gasteiger charge is 2.49. The van der Waals surface area contributed by atoms with Gasteiger partial charge in [0.25, 0.3) is 5.91 Å². The Labute approximate surface area is 189 Å². The van der Waals surface area contributed by atoms with Gasteiger partial charge in [-0.1, -0.05) is 53.2 Å². The van der Waals surface area contributed by atoms with Gasteiger partial charge in [-0.3, -0.25) is 4.79 Å². The summed E-state index contributed by atoms with van der Waals surface area (Å²) in [5.74, 6) is 0.278. The molecule has 6 nitrogen and oxygen atoms in total. The number of aliphatic imine (C=N–C) groups is 1. The number of amidine groups is 1. The Bertz CT molecular complexity index is 1140. The Balaban J connectivity index is 1.69. The van der Waals surface area contributed by atoms with Gasteiger partial charge in [0.05, 0.1) is 41.8 Å². The Kier molecular flexibility index (Phi) is 6.03. The molecule has 2 unspecified atom stereocenters. The van der Waals surface area contributed by atoms with Crippen molar-refractivity contribution in [2.45, 2.75) is 17.7 Å². The summed E-state index contributed by atoms with van der Waals surface area (Å²) in [4.78, 5) is 18.8. The number of carbonyl (C=O) groups excluding carboxylic acids is 1. The molecule has 158 valence electrons. The number of nitrogens with zero attached hydrogens (tertiary/aromatic N) is 2. The molecule has 0 aromatic heterocycles. The quantitative estimate of drug-likeness (QED) is 0.655. The second-order valence-electron chi connectivity index (χ2n) is 7.04. The zero-order valence-corrected chi connectivity index (χ0v) is 19.1. The number of hydrogen-bond acceptors (Lipinski definition) is 5. The summed E-state index contributed by atoms with van der Waals surface area (Å²) < 4.78 is 29.7. The van der Waals surface area contributed by atoms with Gasteiger partial charge < -0.3 is 9.64 Å². The van der Waals surface area contributed by atoms with E-state index in [2.05, 4.69) is 4.99 Å². The highest BCUT2D eigenvalue weighted by atomic mass is 35.5. The summed E-state index contributed by atoms with van der Waals surface area (Å²) in [6, 6.07) is 11.9. The van der Waals surface area contributed by atoms with Gasteiger partial charge in [0.1, 0.15) is 5.75 Å². The van der Waals surface area contributed by atoms with Crippen molar-refractivity contribution < 1.29 is 17.9 Å². The molecule has 2 aromatic carbocycles. The minimum Gasteiger partial charge on any atom is -0.496 e. The van der Waals surface area contributed by atoms with Crippen LogP contribution in [0.25, 0.3) is 0 Å². The molecule has 2 aromatic rings. The number of ether oxygens (including phenoxy) is 1. The van der Waals surface area contributed by atoms with Crippen LogP contribution in [0.15, 0.2) is 47.5 Å². The fraction of sp³-hybridized carbons (Fsp3) is 0.300. The SMILES string of the molecule is COc1ccccc1CC(=O)N=C1SC2CS(=O)(=O)CC2N1c1cc(Cl)ccc1Cl. The summed E-state index contributed by atoms with van der Waals surface area (Å²) >= 11 is 13.8. The van der Waals surface area contributed by atoms with Crippen molar-refractivity contribution in [1.29, 1.82) is 0 Å². The van der Waals surface area contributed by atoms with Crippen LogP contribution in [0.2, 0.25) is 10.0 Å². The fourth-order valence-corrected chi connectivity index (χ4v) is 7.97. The maximum atomic E-state index is 12.8. The molecule has 2 saturated heterocycles. The van der Waals surface area contributed by atoms with Gasteiger partial charge in [0, 0.05) is 15.8 Å². The van der Waals surface area contributed by atoms with E-state index < -0.39 is 9.84 Å². The Morgan fingerprint density at radius 1 is 1.23 bits per heavy atom. The average Bonchev–Trinajstić information content (AvgIpc) is 3.15. The molecule has 1 amide bonds. The van der Waals surface area contributed by atoms with Crippen molar-refractivity contribution in [2.75, 3.05) is 23.5 Å². The number of fused-ring (bicyclic) bond motifs is 1. The molecule has 2 heterocycles. The number of carbonyl (C=O) groups is 1. The number of halogens is 2. The summed E-state index contributed by atoms with van der Waals surface area (Å²) in [6.07, 6.45) is 0.0683. The van der Waals surface area contributed by atoms with E-state index in [1.807, 2.05) is 18.2 Å². The van der Waals surface area contributed by atoms with Gasteiger partial charge in [-0.2, -0.15) is 4.99 Å². The van der Waals surface area contributed by atoms with Crippen molar-refractivity contribution in [2.24, 2.45) is 4.99 Å². The molecule has 10 heteroatoms.